The fourth-order valence-corrected chi connectivity index (χ4v) is 5.13. The number of rotatable bonds is 7. The molecule has 0 radical (unpaired) electrons. The quantitative estimate of drug-likeness (QED) is 0.478. The zero-order chi connectivity index (χ0) is 23.4. The highest BCUT2D eigenvalue weighted by Crippen LogP contribution is 2.53. The number of amides is 1. The number of ether oxygens (including phenoxy) is 2. The van der Waals surface area contributed by atoms with Gasteiger partial charge in [0.05, 0.1) is 37.2 Å². The lowest BCUT2D eigenvalue weighted by molar-refractivity contribution is 0.00718. The summed E-state index contributed by atoms with van der Waals surface area (Å²) < 4.78 is 14.1. The molecule has 3 aliphatic rings. The normalized spacial score (nSPS) is 27.2. The van der Waals surface area contributed by atoms with Crippen LogP contribution in [0.2, 0.25) is 0 Å². The SMILES string of the molecule is CNc1cc(Nc2cccn([C@H]3[C@@H]4COC[C@@H]43)c2=O)nn2c(C(=O)N[C@H]3CC[C@@H]3OC)cnc12. The van der Waals surface area contributed by atoms with E-state index in [0.717, 1.165) is 12.8 Å². The van der Waals surface area contributed by atoms with Crippen molar-refractivity contribution in [3.05, 3.63) is 46.6 Å². The molecule has 5 atom stereocenters. The Kier molecular flexibility index (Phi) is 5.03. The number of carbonyl (C=O) groups excluding carboxylic acids is 1. The lowest BCUT2D eigenvalue weighted by Gasteiger charge is -2.35. The van der Waals surface area contributed by atoms with Crippen molar-refractivity contribution < 1.29 is 14.3 Å². The summed E-state index contributed by atoms with van der Waals surface area (Å²) in [5.74, 6) is 0.990. The maximum atomic E-state index is 13.2. The van der Waals surface area contributed by atoms with Gasteiger partial charge >= 0.3 is 0 Å². The number of fused-ring (bicyclic) bond motifs is 2. The second-order valence-electron chi connectivity index (χ2n) is 9.12. The Hall–Kier alpha value is -3.44. The molecule has 34 heavy (non-hydrogen) atoms. The van der Waals surface area contributed by atoms with Gasteiger partial charge in [0.1, 0.15) is 5.69 Å². The maximum Gasteiger partial charge on any atom is 0.274 e. The van der Waals surface area contributed by atoms with E-state index in [4.69, 9.17) is 9.47 Å². The molecule has 3 N–H and O–H groups in total. The Bertz CT molecular complexity index is 1310. The topological polar surface area (TPSA) is 124 Å². The van der Waals surface area contributed by atoms with E-state index in [1.807, 2.05) is 12.3 Å². The van der Waals surface area contributed by atoms with Gasteiger partial charge in [0, 0.05) is 44.3 Å². The minimum Gasteiger partial charge on any atom is -0.385 e. The van der Waals surface area contributed by atoms with Crippen LogP contribution in [0.1, 0.15) is 29.4 Å². The molecule has 178 valence electrons. The highest BCUT2D eigenvalue weighted by molar-refractivity contribution is 5.94. The third-order valence-corrected chi connectivity index (χ3v) is 7.27. The molecular formula is C23H27N7O4. The summed E-state index contributed by atoms with van der Waals surface area (Å²) in [7, 11) is 3.42. The largest absolute Gasteiger partial charge is 0.385 e. The summed E-state index contributed by atoms with van der Waals surface area (Å²) in [4.78, 5) is 30.5. The van der Waals surface area contributed by atoms with Crippen LogP contribution in [0.3, 0.4) is 0 Å². The average molecular weight is 466 g/mol. The van der Waals surface area contributed by atoms with Crippen molar-refractivity contribution in [1.82, 2.24) is 24.5 Å². The number of nitrogens with zero attached hydrogens (tertiary/aromatic N) is 4. The molecule has 0 spiro atoms. The number of carbonyl (C=O) groups is 1. The van der Waals surface area contributed by atoms with Gasteiger partial charge in [0.2, 0.25) is 0 Å². The van der Waals surface area contributed by atoms with Crippen molar-refractivity contribution in [2.45, 2.75) is 31.0 Å². The molecule has 1 saturated heterocycles. The van der Waals surface area contributed by atoms with Crippen LogP contribution in [0.4, 0.5) is 17.2 Å². The molecule has 1 amide bonds. The van der Waals surface area contributed by atoms with Crippen LogP contribution in [0.5, 0.6) is 0 Å². The molecule has 2 aliphatic carbocycles. The Balaban J connectivity index is 1.30. The summed E-state index contributed by atoms with van der Waals surface area (Å²) in [5, 5.41) is 13.8. The molecule has 1 aliphatic heterocycles. The standard InChI is InChI=1S/C23H27N7O4/c1-24-16-8-19(26-15-4-3-7-29(23(15)32)20-12-10-34-11-13(12)20)28-30-17(9-25-21(16)30)22(31)27-14-5-6-18(14)33-2/h3-4,7-9,12-14,18,20,24H,5-6,10-11H2,1-2H3,(H,26,28)(H,27,31)/t12-,13+,14-,18-,20+/m0/s1. The van der Waals surface area contributed by atoms with Crippen molar-refractivity contribution in [3.63, 3.8) is 0 Å². The Morgan fingerprint density at radius 2 is 2.06 bits per heavy atom. The van der Waals surface area contributed by atoms with E-state index in [-0.39, 0.29) is 29.7 Å². The van der Waals surface area contributed by atoms with E-state index in [1.165, 1.54) is 10.7 Å². The number of pyridine rings is 1. The Labute approximate surface area is 195 Å². The van der Waals surface area contributed by atoms with Crippen LogP contribution in [0.25, 0.3) is 5.65 Å². The number of methoxy groups -OCH3 is 1. The number of hydrogen-bond acceptors (Lipinski definition) is 8. The molecule has 6 rings (SSSR count). The van der Waals surface area contributed by atoms with E-state index in [9.17, 15) is 9.59 Å². The third kappa shape index (κ3) is 3.34. The van der Waals surface area contributed by atoms with Gasteiger partial charge in [0.25, 0.3) is 11.5 Å². The van der Waals surface area contributed by atoms with Gasteiger partial charge < -0.3 is 30.0 Å². The molecule has 3 aromatic rings. The molecule has 11 heteroatoms. The second-order valence-corrected chi connectivity index (χ2v) is 9.12. The molecule has 0 unspecified atom stereocenters. The van der Waals surface area contributed by atoms with Gasteiger partial charge in [-0.2, -0.15) is 0 Å². The second kappa shape index (κ2) is 8.10. The fraction of sp³-hybridized carbons (Fsp3) is 0.478. The van der Waals surface area contributed by atoms with Gasteiger partial charge in [-0.15, -0.1) is 5.10 Å². The van der Waals surface area contributed by atoms with Crippen LogP contribution in [0, 0.1) is 11.8 Å². The molecule has 0 bridgehead atoms. The zero-order valence-electron chi connectivity index (χ0n) is 19.0. The molecule has 4 heterocycles. The van der Waals surface area contributed by atoms with E-state index in [1.54, 1.807) is 30.9 Å². The van der Waals surface area contributed by atoms with Gasteiger partial charge in [0.15, 0.2) is 17.2 Å². The first-order valence-corrected chi connectivity index (χ1v) is 11.5. The highest BCUT2D eigenvalue weighted by Gasteiger charge is 2.55. The summed E-state index contributed by atoms with van der Waals surface area (Å²) in [6.07, 6.45) is 5.16. The molecule has 11 nitrogen and oxygen atoms in total. The number of aromatic nitrogens is 4. The Morgan fingerprint density at radius 1 is 1.24 bits per heavy atom. The number of nitrogens with one attached hydrogen (secondary N) is 3. The lowest BCUT2D eigenvalue weighted by Crippen LogP contribution is -2.51. The van der Waals surface area contributed by atoms with E-state index in [2.05, 4.69) is 26.0 Å². The van der Waals surface area contributed by atoms with E-state index < -0.39 is 0 Å². The van der Waals surface area contributed by atoms with Crippen molar-refractivity contribution in [2.24, 2.45) is 11.8 Å². The van der Waals surface area contributed by atoms with Crippen molar-refractivity contribution >= 4 is 28.7 Å². The highest BCUT2D eigenvalue weighted by atomic mass is 16.5. The van der Waals surface area contributed by atoms with Gasteiger partial charge in [-0.25, -0.2) is 9.50 Å². The van der Waals surface area contributed by atoms with Crippen LogP contribution in [-0.2, 0) is 9.47 Å². The minimum absolute atomic E-state index is 0.0248. The summed E-state index contributed by atoms with van der Waals surface area (Å²) in [6.45, 7) is 1.42. The van der Waals surface area contributed by atoms with E-state index in [0.29, 0.717) is 53.6 Å². The van der Waals surface area contributed by atoms with Crippen molar-refractivity contribution in [3.8, 4) is 0 Å². The van der Waals surface area contributed by atoms with Crippen molar-refractivity contribution in [1.29, 1.82) is 0 Å². The maximum absolute atomic E-state index is 13.2. The summed E-state index contributed by atoms with van der Waals surface area (Å²) in [5.41, 5.74) is 1.83. The first kappa shape index (κ1) is 21.1. The summed E-state index contributed by atoms with van der Waals surface area (Å²) in [6, 6.07) is 5.53. The molecule has 2 saturated carbocycles. The first-order valence-electron chi connectivity index (χ1n) is 11.5. The first-order chi connectivity index (χ1) is 16.6. The Morgan fingerprint density at radius 3 is 2.76 bits per heavy atom. The molecular weight excluding hydrogens is 438 g/mol. The number of hydrogen-bond donors (Lipinski definition) is 3. The molecule has 0 aromatic carbocycles. The smallest absolute Gasteiger partial charge is 0.274 e. The molecule has 3 aromatic heterocycles. The monoisotopic (exact) mass is 465 g/mol. The predicted octanol–water partition coefficient (Wildman–Crippen LogP) is 1.40. The fourth-order valence-electron chi connectivity index (χ4n) is 5.13. The van der Waals surface area contributed by atoms with Gasteiger partial charge in [-0.3, -0.25) is 9.59 Å². The lowest BCUT2D eigenvalue weighted by atomic mass is 9.89. The predicted molar refractivity (Wildman–Crippen MR) is 125 cm³/mol. The van der Waals surface area contributed by atoms with Crippen LogP contribution in [-0.4, -0.2) is 64.6 Å². The van der Waals surface area contributed by atoms with Gasteiger partial charge in [-0.1, -0.05) is 0 Å². The third-order valence-electron chi connectivity index (χ3n) is 7.27. The zero-order valence-corrected chi connectivity index (χ0v) is 19.0. The van der Waals surface area contributed by atoms with Crippen LogP contribution >= 0.6 is 0 Å². The average Bonchev–Trinajstić information content (AvgIpc) is 3.15. The molecule has 3 fully saturated rings. The van der Waals surface area contributed by atoms with Crippen LogP contribution < -0.4 is 21.5 Å². The van der Waals surface area contributed by atoms with Crippen molar-refractivity contribution in [2.75, 3.05) is 38.0 Å². The van der Waals surface area contributed by atoms with E-state index >= 15 is 0 Å². The summed E-state index contributed by atoms with van der Waals surface area (Å²) >= 11 is 0. The number of anilines is 3. The minimum atomic E-state index is -0.268. The van der Waals surface area contributed by atoms with Gasteiger partial charge in [-0.05, 0) is 25.0 Å². The number of imidazole rings is 1. The van der Waals surface area contributed by atoms with Crippen LogP contribution in [0.15, 0.2) is 35.4 Å².